The van der Waals surface area contributed by atoms with Gasteiger partial charge in [0.15, 0.2) is 0 Å². The number of primary amides is 1. The Morgan fingerprint density at radius 3 is 2.55 bits per heavy atom. The maximum atomic E-state index is 11.6. The topological polar surface area (TPSA) is 75.6 Å². The van der Waals surface area contributed by atoms with Crippen molar-refractivity contribution in [2.75, 3.05) is 26.2 Å². The molecule has 1 saturated heterocycles. The molecule has 0 aromatic carbocycles. The maximum absolute atomic E-state index is 11.6. The molecule has 5 heteroatoms. The van der Waals surface area contributed by atoms with Crippen LogP contribution in [0.4, 0.5) is 0 Å². The van der Waals surface area contributed by atoms with Crippen LogP contribution in [0.5, 0.6) is 0 Å². The normalized spacial score (nSPS) is 34.9. The molecule has 2 rings (SSSR count). The first kappa shape index (κ1) is 15.7. The molecule has 2 fully saturated rings. The summed E-state index contributed by atoms with van der Waals surface area (Å²) in [5.74, 6) is -0.333. The lowest BCUT2D eigenvalue weighted by Gasteiger charge is -2.45. The van der Waals surface area contributed by atoms with E-state index in [0.717, 1.165) is 51.9 Å². The SMILES string of the molecule is CCC(C)N1CCN(C2CCCC(N)(C(N)=O)C2)CC1. The molecule has 2 aliphatic rings. The van der Waals surface area contributed by atoms with E-state index >= 15 is 0 Å². The van der Waals surface area contributed by atoms with Crippen LogP contribution in [0.25, 0.3) is 0 Å². The molecule has 0 bridgehead atoms. The second-order valence-corrected chi connectivity index (χ2v) is 6.60. The Kier molecular flexibility index (Phi) is 5.04. The first-order valence-corrected chi connectivity index (χ1v) is 8.03. The Labute approximate surface area is 122 Å². The molecular formula is C15H30N4O. The van der Waals surface area contributed by atoms with E-state index < -0.39 is 5.54 Å². The van der Waals surface area contributed by atoms with Crippen LogP contribution in [-0.4, -0.2) is 59.5 Å². The Bertz CT molecular complexity index is 341. The van der Waals surface area contributed by atoms with Gasteiger partial charge in [-0.15, -0.1) is 0 Å². The van der Waals surface area contributed by atoms with Gasteiger partial charge in [-0.05, 0) is 39.0 Å². The minimum atomic E-state index is -0.781. The Morgan fingerprint density at radius 2 is 2.00 bits per heavy atom. The van der Waals surface area contributed by atoms with Gasteiger partial charge in [-0.25, -0.2) is 0 Å². The van der Waals surface area contributed by atoms with Crippen molar-refractivity contribution in [2.24, 2.45) is 11.5 Å². The van der Waals surface area contributed by atoms with Crippen LogP contribution in [0, 0.1) is 0 Å². The Morgan fingerprint density at radius 1 is 1.35 bits per heavy atom. The predicted molar refractivity (Wildman–Crippen MR) is 81.3 cm³/mol. The average Bonchev–Trinajstić information content (AvgIpc) is 2.46. The molecule has 0 spiro atoms. The van der Waals surface area contributed by atoms with Crippen molar-refractivity contribution >= 4 is 5.91 Å². The molecule has 1 saturated carbocycles. The highest BCUT2D eigenvalue weighted by molar-refractivity contribution is 5.84. The van der Waals surface area contributed by atoms with E-state index in [0.29, 0.717) is 12.1 Å². The summed E-state index contributed by atoms with van der Waals surface area (Å²) in [6, 6.07) is 1.10. The highest BCUT2D eigenvalue weighted by atomic mass is 16.1. The molecule has 0 radical (unpaired) electrons. The molecular weight excluding hydrogens is 252 g/mol. The van der Waals surface area contributed by atoms with E-state index in [1.807, 2.05) is 0 Å². The number of rotatable bonds is 4. The fourth-order valence-corrected chi connectivity index (χ4v) is 3.61. The summed E-state index contributed by atoms with van der Waals surface area (Å²) in [6.45, 7) is 8.97. The van der Waals surface area contributed by atoms with Gasteiger partial charge in [0.25, 0.3) is 0 Å². The summed E-state index contributed by atoms with van der Waals surface area (Å²) in [5.41, 5.74) is 10.9. The van der Waals surface area contributed by atoms with Gasteiger partial charge in [0.1, 0.15) is 0 Å². The smallest absolute Gasteiger partial charge is 0.237 e. The third kappa shape index (κ3) is 3.32. The van der Waals surface area contributed by atoms with E-state index in [-0.39, 0.29) is 5.91 Å². The minimum Gasteiger partial charge on any atom is -0.368 e. The molecule has 3 unspecified atom stereocenters. The van der Waals surface area contributed by atoms with Crippen molar-refractivity contribution in [1.29, 1.82) is 0 Å². The Hall–Kier alpha value is -0.650. The molecule has 5 nitrogen and oxygen atoms in total. The van der Waals surface area contributed by atoms with Gasteiger partial charge in [-0.3, -0.25) is 14.6 Å². The molecule has 116 valence electrons. The number of nitrogens with zero attached hydrogens (tertiary/aromatic N) is 2. The predicted octanol–water partition coefficient (Wildman–Crippen LogP) is 0.528. The van der Waals surface area contributed by atoms with E-state index in [2.05, 4.69) is 23.6 Å². The monoisotopic (exact) mass is 282 g/mol. The van der Waals surface area contributed by atoms with Crippen LogP contribution in [0.15, 0.2) is 0 Å². The Balaban J connectivity index is 1.89. The van der Waals surface area contributed by atoms with Crippen LogP contribution >= 0.6 is 0 Å². The number of hydrogen-bond acceptors (Lipinski definition) is 4. The summed E-state index contributed by atoms with van der Waals surface area (Å²) in [4.78, 5) is 16.6. The van der Waals surface area contributed by atoms with Crippen molar-refractivity contribution in [2.45, 2.75) is 63.6 Å². The van der Waals surface area contributed by atoms with Crippen molar-refractivity contribution in [3.63, 3.8) is 0 Å². The first-order chi connectivity index (χ1) is 9.46. The fraction of sp³-hybridized carbons (Fsp3) is 0.933. The largest absolute Gasteiger partial charge is 0.368 e. The summed E-state index contributed by atoms with van der Waals surface area (Å²) >= 11 is 0. The van der Waals surface area contributed by atoms with Crippen LogP contribution in [-0.2, 0) is 4.79 Å². The van der Waals surface area contributed by atoms with Gasteiger partial charge < -0.3 is 11.5 Å². The number of carbonyl (C=O) groups is 1. The quantitative estimate of drug-likeness (QED) is 0.788. The number of nitrogens with two attached hydrogens (primary N) is 2. The van der Waals surface area contributed by atoms with Gasteiger partial charge in [-0.2, -0.15) is 0 Å². The maximum Gasteiger partial charge on any atom is 0.237 e. The highest BCUT2D eigenvalue weighted by Crippen LogP contribution is 2.30. The molecule has 1 amide bonds. The number of piperazine rings is 1. The van der Waals surface area contributed by atoms with E-state index in [1.54, 1.807) is 0 Å². The van der Waals surface area contributed by atoms with Crippen LogP contribution < -0.4 is 11.5 Å². The molecule has 3 atom stereocenters. The van der Waals surface area contributed by atoms with Crippen molar-refractivity contribution in [3.8, 4) is 0 Å². The van der Waals surface area contributed by atoms with Crippen LogP contribution in [0.2, 0.25) is 0 Å². The standard InChI is InChI=1S/C15H30N4O/c1-3-12(2)18-7-9-19(10-8-18)13-5-4-6-15(17,11-13)14(16)20/h12-13H,3-11,17H2,1-2H3,(H2,16,20). The zero-order valence-corrected chi connectivity index (χ0v) is 13.0. The molecule has 0 aromatic heterocycles. The molecule has 20 heavy (non-hydrogen) atoms. The lowest BCUT2D eigenvalue weighted by Crippen LogP contribution is -2.60. The van der Waals surface area contributed by atoms with Crippen molar-refractivity contribution in [1.82, 2.24) is 9.80 Å². The van der Waals surface area contributed by atoms with E-state index in [1.165, 1.54) is 6.42 Å². The van der Waals surface area contributed by atoms with Crippen molar-refractivity contribution < 1.29 is 4.79 Å². The number of amides is 1. The average molecular weight is 282 g/mol. The van der Waals surface area contributed by atoms with E-state index in [4.69, 9.17) is 11.5 Å². The summed E-state index contributed by atoms with van der Waals surface area (Å²) < 4.78 is 0. The number of carbonyl (C=O) groups excluding carboxylic acids is 1. The first-order valence-electron chi connectivity index (χ1n) is 8.03. The third-order valence-electron chi connectivity index (χ3n) is 5.33. The summed E-state index contributed by atoms with van der Waals surface area (Å²) in [7, 11) is 0. The molecule has 1 aliphatic heterocycles. The second kappa shape index (κ2) is 6.41. The molecule has 1 aliphatic carbocycles. The molecule has 0 aromatic rings. The second-order valence-electron chi connectivity index (χ2n) is 6.60. The zero-order valence-electron chi connectivity index (χ0n) is 13.0. The zero-order chi connectivity index (χ0) is 14.8. The van der Waals surface area contributed by atoms with Crippen LogP contribution in [0.3, 0.4) is 0 Å². The molecule has 4 N–H and O–H groups in total. The van der Waals surface area contributed by atoms with Gasteiger partial charge in [-0.1, -0.05) is 6.92 Å². The van der Waals surface area contributed by atoms with Crippen LogP contribution in [0.1, 0.15) is 46.0 Å². The van der Waals surface area contributed by atoms with E-state index in [9.17, 15) is 4.79 Å². The lowest BCUT2D eigenvalue weighted by atomic mass is 9.78. The minimum absolute atomic E-state index is 0.333. The van der Waals surface area contributed by atoms with Crippen molar-refractivity contribution in [3.05, 3.63) is 0 Å². The fourth-order valence-electron chi connectivity index (χ4n) is 3.61. The lowest BCUT2D eigenvalue weighted by molar-refractivity contribution is -0.125. The highest BCUT2D eigenvalue weighted by Gasteiger charge is 2.40. The van der Waals surface area contributed by atoms with Gasteiger partial charge >= 0.3 is 0 Å². The third-order valence-corrected chi connectivity index (χ3v) is 5.33. The summed E-state index contributed by atoms with van der Waals surface area (Å²) in [5, 5.41) is 0. The summed E-state index contributed by atoms with van der Waals surface area (Å²) in [6.07, 6.45) is 4.83. The van der Waals surface area contributed by atoms with Gasteiger partial charge in [0.2, 0.25) is 5.91 Å². The molecule has 1 heterocycles. The number of hydrogen-bond donors (Lipinski definition) is 2. The van der Waals surface area contributed by atoms with Gasteiger partial charge in [0, 0.05) is 38.3 Å². The van der Waals surface area contributed by atoms with Gasteiger partial charge in [0.05, 0.1) is 5.54 Å².